The summed E-state index contributed by atoms with van der Waals surface area (Å²) >= 11 is 0. The molecule has 6 heteroatoms. The quantitative estimate of drug-likeness (QED) is 0.482. The summed E-state index contributed by atoms with van der Waals surface area (Å²) in [7, 11) is 5.66. The summed E-state index contributed by atoms with van der Waals surface area (Å²) in [5.41, 5.74) is 9.34. The summed E-state index contributed by atoms with van der Waals surface area (Å²) < 4.78 is 4.18. The van der Waals surface area contributed by atoms with Crippen LogP contribution in [0.2, 0.25) is 0 Å². The fourth-order valence-electron chi connectivity index (χ4n) is 4.41. The molecule has 0 saturated carbocycles. The molecule has 31 heavy (non-hydrogen) atoms. The van der Waals surface area contributed by atoms with Gasteiger partial charge in [0, 0.05) is 44.0 Å². The van der Waals surface area contributed by atoms with Crippen molar-refractivity contribution in [1.82, 2.24) is 24.0 Å². The molecule has 3 heterocycles. The van der Waals surface area contributed by atoms with Gasteiger partial charge in [0.25, 0.3) is 0 Å². The lowest BCUT2D eigenvalue weighted by Crippen LogP contribution is -2.26. The molecule has 0 aliphatic heterocycles. The third kappa shape index (κ3) is 3.30. The van der Waals surface area contributed by atoms with E-state index in [0.717, 1.165) is 33.7 Å². The van der Waals surface area contributed by atoms with Crippen LogP contribution in [0.3, 0.4) is 0 Å². The van der Waals surface area contributed by atoms with E-state index in [1.807, 2.05) is 24.6 Å². The summed E-state index contributed by atoms with van der Waals surface area (Å²) in [6.45, 7) is 10.9. The SMILES string of the molecule is Cc1nc2c(nc1-c1c(C)n(C)c3c(C(C)C)cccc13)c(C)cn2CC(=O)N(C)C. The van der Waals surface area contributed by atoms with Crippen LogP contribution in [0, 0.1) is 20.8 Å². The molecule has 0 saturated heterocycles. The zero-order chi connectivity index (χ0) is 22.6. The van der Waals surface area contributed by atoms with Gasteiger partial charge in [-0.3, -0.25) is 4.79 Å². The van der Waals surface area contributed by atoms with Crippen LogP contribution in [0.5, 0.6) is 0 Å². The Morgan fingerprint density at radius 1 is 1.13 bits per heavy atom. The topological polar surface area (TPSA) is 56.0 Å². The highest BCUT2D eigenvalue weighted by molar-refractivity contribution is 6.00. The second kappa shape index (κ2) is 7.52. The first-order valence-corrected chi connectivity index (χ1v) is 10.7. The molecule has 4 aromatic rings. The van der Waals surface area contributed by atoms with Crippen LogP contribution in [0.25, 0.3) is 33.3 Å². The van der Waals surface area contributed by atoms with Crippen LogP contribution < -0.4 is 0 Å². The second-order valence-corrected chi connectivity index (χ2v) is 8.98. The third-order valence-corrected chi connectivity index (χ3v) is 6.25. The van der Waals surface area contributed by atoms with Gasteiger partial charge in [0.15, 0.2) is 5.65 Å². The van der Waals surface area contributed by atoms with E-state index in [1.165, 1.54) is 22.2 Å². The number of aromatic nitrogens is 4. The summed E-state index contributed by atoms with van der Waals surface area (Å²) in [5, 5.41) is 1.21. The first-order valence-electron chi connectivity index (χ1n) is 10.7. The number of carbonyl (C=O) groups is 1. The van der Waals surface area contributed by atoms with Gasteiger partial charge in [-0.25, -0.2) is 9.97 Å². The number of carbonyl (C=O) groups excluding carboxylic acids is 1. The van der Waals surface area contributed by atoms with Crippen molar-refractivity contribution in [2.45, 2.75) is 47.1 Å². The Balaban J connectivity index is 1.96. The molecule has 0 fully saturated rings. The maximum Gasteiger partial charge on any atom is 0.242 e. The number of hydrogen-bond acceptors (Lipinski definition) is 3. The van der Waals surface area contributed by atoms with Gasteiger partial charge in [0.1, 0.15) is 12.1 Å². The lowest BCUT2D eigenvalue weighted by molar-refractivity contribution is -0.129. The molecule has 0 radical (unpaired) electrons. The highest BCUT2D eigenvalue weighted by Crippen LogP contribution is 2.38. The zero-order valence-electron chi connectivity index (χ0n) is 19.7. The number of para-hydroxylation sites is 1. The average molecular weight is 418 g/mol. The highest BCUT2D eigenvalue weighted by Gasteiger charge is 2.22. The molecule has 0 bridgehead atoms. The standard InChI is InChI=1S/C25H31N5O/c1-14(2)18-10-9-11-19-21(17(5)29(8)24(18)19)23-16(4)26-25-22(27-23)15(3)12-30(25)13-20(31)28(6)7/h9-12,14H,13H2,1-8H3. The summed E-state index contributed by atoms with van der Waals surface area (Å²) in [6, 6.07) is 6.53. The van der Waals surface area contributed by atoms with Crippen molar-refractivity contribution in [2.24, 2.45) is 7.05 Å². The fourth-order valence-corrected chi connectivity index (χ4v) is 4.41. The van der Waals surface area contributed by atoms with Gasteiger partial charge in [-0.1, -0.05) is 32.0 Å². The molecular formula is C25H31N5O. The van der Waals surface area contributed by atoms with Gasteiger partial charge < -0.3 is 14.0 Å². The van der Waals surface area contributed by atoms with Gasteiger partial charge in [-0.15, -0.1) is 0 Å². The smallest absolute Gasteiger partial charge is 0.242 e. The van der Waals surface area contributed by atoms with Gasteiger partial charge in [0.05, 0.1) is 16.9 Å². The minimum absolute atomic E-state index is 0.0338. The Morgan fingerprint density at radius 3 is 2.48 bits per heavy atom. The molecule has 0 N–H and O–H groups in total. The monoisotopic (exact) mass is 417 g/mol. The molecule has 162 valence electrons. The van der Waals surface area contributed by atoms with Gasteiger partial charge in [-0.05, 0) is 37.8 Å². The number of likely N-dealkylation sites (N-methyl/N-ethyl adjacent to an activating group) is 1. The van der Waals surface area contributed by atoms with Crippen molar-refractivity contribution in [3.05, 3.63) is 46.9 Å². The largest absolute Gasteiger partial charge is 0.347 e. The fraction of sp³-hybridized carbons (Fsp3) is 0.400. The molecule has 4 rings (SSSR count). The van der Waals surface area contributed by atoms with Crippen molar-refractivity contribution >= 4 is 28.0 Å². The number of hydrogen-bond donors (Lipinski definition) is 0. The van der Waals surface area contributed by atoms with E-state index < -0.39 is 0 Å². The lowest BCUT2D eigenvalue weighted by atomic mass is 9.98. The third-order valence-electron chi connectivity index (χ3n) is 6.25. The zero-order valence-corrected chi connectivity index (χ0v) is 19.7. The van der Waals surface area contributed by atoms with Gasteiger partial charge in [-0.2, -0.15) is 0 Å². The van der Waals surface area contributed by atoms with E-state index in [1.54, 1.807) is 19.0 Å². The van der Waals surface area contributed by atoms with Crippen LogP contribution in [-0.2, 0) is 18.4 Å². The van der Waals surface area contributed by atoms with Crippen LogP contribution in [0.15, 0.2) is 24.4 Å². The average Bonchev–Trinajstić information content (AvgIpc) is 3.14. The minimum Gasteiger partial charge on any atom is -0.347 e. The molecular weight excluding hydrogens is 386 g/mol. The van der Waals surface area contributed by atoms with E-state index in [0.29, 0.717) is 5.92 Å². The molecule has 0 unspecified atom stereocenters. The number of aryl methyl sites for hydroxylation is 3. The number of fused-ring (bicyclic) bond motifs is 2. The molecule has 1 amide bonds. The minimum atomic E-state index is 0.0338. The second-order valence-electron chi connectivity index (χ2n) is 8.98. The van der Waals surface area contributed by atoms with Crippen molar-refractivity contribution in [2.75, 3.05) is 14.1 Å². The Kier molecular flexibility index (Phi) is 5.12. The molecule has 6 nitrogen and oxygen atoms in total. The summed E-state index contributed by atoms with van der Waals surface area (Å²) in [5.74, 6) is 0.469. The molecule has 1 aromatic carbocycles. The van der Waals surface area contributed by atoms with Gasteiger partial charge >= 0.3 is 0 Å². The number of benzene rings is 1. The van der Waals surface area contributed by atoms with Crippen LogP contribution >= 0.6 is 0 Å². The molecule has 3 aromatic heterocycles. The predicted molar refractivity (Wildman–Crippen MR) is 126 cm³/mol. The Bertz CT molecular complexity index is 1320. The van der Waals surface area contributed by atoms with Crippen molar-refractivity contribution < 1.29 is 4.79 Å². The number of nitrogens with zero attached hydrogens (tertiary/aromatic N) is 5. The Labute approximate surface area is 183 Å². The van der Waals surface area contributed by atoms with E-state index in [2.05, 4.69) is 50.6 Å². The number of amides is 1. The van der Waals surface area contributed by atoms with Crippen molar-refractivity contribution in [3.63, 3.8) is 0 Å². The number of rotatable bonds is 4. The Hall–Kier alpha value is -3.15. The molecule has 0 atom stereocenters. The van der Waals surface area contributed by atoms with Crippen LogP contribution in [0.4, 0.5) is 0 Å². The predicted octanol–water partition coefficient (Wildman–Crippen LogP) is 4.73. The van der Waals surface area contributed by atoms with E-state index in [9.17, 15) is 4.79 Å². The normalized spacial score (nSPS) is 11.8. The molecule has 0 aliphatic carbocycles. The molecule has 0 aliphatic rings. The van der Waals surface area contributed by atoms with E-state index >= 15 is 0 Å². The van der Waals surface area contributed by atoms with Crippen molar-refractivity contribution in [1.29, 1.82) is 0 Å². The summed E-state index contributed by atoms with van der Waals surface area (Å²) in [6.07, 6.45) is 1.97. The first-order chi connectivity index (χ1) is 14.6. The maximum atomic E-state index is 12.3. The summed E-state index contributed by atoms with van der Waals surface area (Å²) in [4.78, 5) is 23.9. The van der Waals surface area contributed by atoms with Crippen molar-refractivity contribution in [3.8, 4) is 11.3 Å². The maximum absolute atomic E-state index is 12.3. The molecule has 0 spiro atoms. The Morgan fingerprint density at radius 2 is 1.84 bits per heavy atom. The van der Waals surface area contributed by atoms with Crippen LogP contribution in [-0.4, -0.2) is 44.0 Å². The van der Waals surface area contributed by atoms with Gasteiger partial charge in [0.2, 0.25) is 5.91 Å². The lowest BCUT2D eigenvalue weighted by Gasteiger charge is -2.12. The van der Waals surface area contributed by atoms with Crippen LogP contribution in [0.1, 0.15) is 42.3 Å². The highest BCUT2D eigenvalue weighted by atomic mass is 16.2. The van der Waals surface area contributed by atoms with E-state index in [4.69, 9.17) is 9.97 Å². The van der Waals surface area contributed by atoms with E-state index in [-0.39, 0.29) is 12.5 Å². The first kappa shape index (κ1) is 21.1.